The molecule has 0 amide bonds. The van der Waals surface area contributed by atoms with Crippen LogP contribution >= 0.6 is 11.8 Å². The first-order valence-electron chi connectivity index (χ1n) is 10.1. The molecule has 2 aromatic rings. The van der Waals surface area contributed by atoms with Gasteiger partial charge in [0.25, 0.3) is 5.76 Å². The summed E-state index contributed by atoms with van der Waals surface area (Å²) in [6.45, 7) is 2.14. The molecule has 7 heteroatoms. The molecule has 1 saturated carbocycles. The molecule has 2 aromatic carbocycles. The largest absolute Gasteiger partial charge is 0.478 e. The summed E-state index contributed by atoms with van der Waals surface area (Å²) in [5.41, 5.74) is 0.809. The van der Waals surface area contributed by atoms with Crippen molar-refractivity contribution in [3.63, 3.8) is 0 Å². The first-order chi connectivity index (χ1) is 14.3. The molecule has 2 nitrogen and oxygen atoms in total. The molecule has 0 radical (unpaired) electrons. The normalized spacial score (nSPS) is 19.3. The van der Waals surface area contributed by atoms with Gasteiger partial charge >= 0.3 is 5.97 Å². The number of aromatic carboxylic acids is 1. The molecule has 1 N–H and O–H groups in total. The summed E-state index contributed by atoms with van der Waals surface area (Å²) in [7, 11) is 0. The summed E-state index contributed by atoms with van der Waals surface area (Å²) in [5, 5.41) is 9.72. The number of carboxylic acid groups (broad SMARTS) is 1. The lowest BCUT2D eigenvalue weighted by molar-refractivity contribution is 0.0694. The van der Waals surface area contributed by atoms with Gasteiger partial charge < -0.3 is 5.11 Å². The molecule has 162 valence electrons. The monoisotopic (exact) mass is 440 g/mol. The molecule has 0 heterocycles. The van der Waals surface area contributed by atoms with Crippen LogP contribution in [-0.4, -0.2) is 16.8 Å². The van der Waals surface area contributed by atoms with E-state index < -0.39 is 28.3 Å². The molecule has 0 bridgehead atoms. The van der Waals surface area contributed by atoms with E-state index in [4.69, 9.17) is 0 Å². The minimum Gasteiger partial charge on any atom is -0.478 e. The van der Waals surface area contributed by atoms with Crippen molar-refractivity contribution in [3.8, 4) is 11.1 Å². The highest BCUT2D eigenvalue weighted by molar-refractivity contribution is 7.99. The smallest absolute Gasteiger partial charge is 0.335 e. The zero-order valence-electron chi connectivity index (χ0n) is 16.6. The predicted octanol–water partition coefficient (Wildman–Crippen LogP) is 7.72. The van der Waals surface area contributed by atoms with Gasteiger partial charge in [0.2, 0.25) is 0 Å². The molecule has 1 aliphatic rings. The molecule has 0 spiro atoms. The highest BCUT2D eigenvalue weighted by Gasteiger charge is 2.29. The quantitative estimate of drug-likeness (QED) is 0.354. The van der Waals surface area contributed by atoms with Crippen LogP contribution in [0, 0.1) is 17.6 Å². The fraction of sp³-hybridized carbons (Fsp3) is 0.435. The number of thioether (sulfide) groups is 1. The Bertz CT molecular complexity index is 908. The molecular weight excluding hydrogens is 416 g/mol. The van der Waals surface area contributed by atoms with Crippen LogP contribution in [0.3, 0.4) is 0 Å². The van der Waals surface area contributed by atoms with Gasteiger partial charge in [0.05, 0.1) is 10.5 Å². The van der Waals surface area contributed by atoms with Crippen molar-refractivity contribution in [3.05, 3.63) is 53.1 Å². The van der Waals surface area contributed by atoms with Crippen LogP contribution in [0.1, 0.15) is 67.3 Å². The predicted molar refractivity (Wildman–Crippen MR) is 110 cm³/mol. The average molecular weight is 441 g/mol. The molecule has 30 heavy (non-hydrogen) atoms. The number of benzene rings is 2. The third-order valence-electron chi connectivity index (χ3n) is 5.84. The Kier molecular flexibility index (Phi) is 7.45. The maximum atomic E-state index is 14.9. The van der Waals surface area contributed by atoms with Crippen LogP contribution in [-0.2, 0) is 0 Å². The summed E-state index contributed by atoms with van der Waals surface area (Å²) >= 11 is -0.0542. The van der Waals surface area contributed by atoms with Crippen molar-refractivity contribution in [2.75, 3.05) is 0 Å². The second-order valence-electron chi connectivity index (χ2n) is 7.70. The summed E-state index contributed by atoms with van der Waals surface area (Å²) in [6.07, 6.45) is 5.72. The van der Waals surface area contributed by atoms with E-state index in [-0.39, 0.29) is 28.8 Å². The van der Waals surface area contributed by atoms with E-state index in [1.807, 2.05) is 0 Å². The molecule has 0 saturated heterocycles. The summed E-state index contributed by atoms with van der Waals surface area (Å²) in [6, 6.07) is 6.95. The number of halogens is 4. The van der Waals surface area contributed by atoms with E-state index in [0.717, 1.165) is 44.6 Å². The maximum Gasteiger partial charge on any atom is 0.335 e. The molecule has 0 aromatic heterocycles. The van der Waals surface area contributed by atoms with E-state index in [1.165, 1.54) is 18.2 Å². The van der Waals surface area contributed by atoms with Crippen LogP contribution < -0.4 is 0 Å². The molecule has 0 atom stereocenters. The standard InChI is InChI=1S/C23H24F4O2S/c1-2-4-13-7-9-14(10-8-13)19-15(5-3-6-17(19)22(28)29)16-11-12-18(30-23(26)27)21(25)20(16)24/h3,5-6,11-14,23H,2,4,7-10H2,1H3,(H,28,29)/t13-,14-. The van der Waals surface area contributed by atoms with Gasteiger partial charge in [-0.05, 0) is 60.8 Å². The van der Waals surface area contributed by atoms with Crippen LogP contribution in [0.5, 0.6) is 0 Å². The minimum atomic E-state index is -2.87. The lowest BCUT2D eigenvalue weighted by atomic mass is 9.74. The number of alkyl halides is 2. The van der Waals surface area contributed by atoms with Crippen LogP contribution in [0.15, 0.2) is 35.2 Å². The van der Waals surface area contributed by atoms with Crippen molar-refractivity contribution in [1.29, 1.82) is 0 Å². The molecule has 0 aliphatic heterocycles. The number of carbonyl (C=O) groups is 1. The van der Waals surface area contributed by atoms with Gasteiger partial charge in [-0.25, -0.2) is 13.6 Å². The van der Waals surface area contributed by atoms with E-state index in [9.17, 15) is 27.5 Å². The fourth-order valence-corrected chi connectivity index (χ4v) is 5.03. The number of rotatable bonds is 7. The van der Waals surface area contributed by atoms with Crippen LogP contribution in [0.25, 0.3) is 11.1 Å². The van der Waals surface area contributed by atoms with E-state index in [0.29, 0.717) is 17.0 Å². The summed E-state index contributed by atoms with van der Waals surface area (Å²) in [5.74, 6) is -6.02. The van der Waals surface area contributed by atoms with Crippen molar-refractivity contribution < 1.29 is 27.5 Å². The number of carboxylic acids is 1. The minimum absolute atomic E-state index is 0.0542. The first-order valence-corrected chi connectivity index (χ1v) is 11.0. The Balaban J connectivity index is 2.05. The molecule has 0 unspecified atom stereocenters. The summed E-state index contributed by atoms with van der Waals surface area (Å²) in [4.78, 5) is 11.4. The van der Waals surface area contributed by atoms with Crippen molar-refractivity contribution in [1.82, 2.24) is 0 Å². The highest BCUT2D eigenvalue weighted by Crippen LogP contribution is 2.44. The van der Waals surface area contributed by atoms with Crippen LogP contribution in [0.2, 0.25) is 0 Å². The summed E-state index contributed by atoms with van der Waals surface area (Å²) < 4.78 is 54.5. The molecule has 1 fully saturated rings. The van der Waals surface area contributed by atoms with Crippen molar-refractivity contribution >= 4 is 17.7 Å². The number of hydrogen-bond acceptors (Lipinski definition) is 2. The third kappa shape index (κ3) is 4.82. The Labute approximate surface area is 177 Å². The van der Waals surface area contributed by atoms with Gasteiger partial charge in [-0.15, -0.1) is 0 Å². The second kappa shape index (κ2) is 9.86. The topological polar surface area (TPSA) is 37.3 Å². The van der Waals surface area contributed by atoms with E-state index >= 15 is 0 Å². The average Bonchev–Trinajstić information content (AvgIpc) is 2.72. The Morgan fingerprint density at radius 1 is 1.07 bits per heavy atom. The van der Waals surface area contributed by atoms with Gasteiger partial charge in [0.15, 0.2) is 11.6 Å². The molecular formula is C23H24F4O2S. The van der Waals surface area contributed by atoms with E-state index in [2.05, 4.69) is 6.92 Å². The first kappa shape index (κ1) is 22.7. The molecule has 1 aliphatic carbocycles. The fourth-order valence-electron chi connectivity index (χ4n) is 4.50. The lowest BCUT2D eigenvalue weighted by Gasteiger charge is -2.31. The van der Waals surface area contributed by atoms with Crippen molar-refractivity contribution in [2.24, 2.45) is 5.92 Å². The van der Waals surface area contributed by atoms with Gasteiger partial charge in [0.1, 0.15) is 0 Å². The SMILES string of the molecule is CCC[C@H]1CC[C@H](c2c(C(=O)O)cccc2-c2ccc(SC(F)F)c(F)c2F)CC1. The van der Waals surface area contributed by atoms with Gasteiger partial charge in [0, 0.05) is 5.56 Å². The third-order valence-corrected chi connectivity index (χ3v) is 6.59. The van der Waals surface area contributed by atoms with Crippen LogP contribution in [0.4, 0.5) is 17.6 Å². The lowest BCUT2D eigenvalue weighted by Crippen LogP contribution is -2.17. The Morgan fingerprint density at radius 2 is 1.77 bits per heavy atom. The van der Waals surface area contributed by atoms with Crippen molar-refractivity contribution in [2.45, 2.75) is 62.0 Å². The Hall–Kier alpha value is -2.02. The van der Waals surface area contributed by atoms with E-state index in [1.54, 1.807) is 6.07 Å². The second-order valence-corrected chi connectivity index (χ2v) is 8.73. The zero-order chi connectivity index (χ0) is 21.8. The van der Waals surface area contributed by atoms with Gasteiger partial charge in [-0.1, -0.05) is 49.7 Å². The Morgan fingerprint density at radius 3 is 2.37 bits per heavy atom. The number of hydrogen-bond donors (Lipinski definition) is 1. The maximum absolute atomic E-state index is 14.9. The van der Waals surface area contributed by atoms with Gasteiger partial charge in [-0.2, -0.15) is 8.78 Å². The highest BCUT2D eigenvalue weighted by atomic mass is 32.2. The van der Waals surface area contributed by atoms with Gasteiger partial charge in [-0.3, -0.25) is 0 Å². The molecule has 3 rings (SSSR count). The zero-order valence-corrected chi connectivity index (χ0v) is 17.5.